The van der Waals surface area contributed by atoms with E-state index in [1.165, 1.54) is 83.5 Å². The summed E-state index contributed by atoms with van der Waals surface area (Å²) in [6, 6.07) is -0.939. The minimum absolute atomic E-state index is 0.260. The molecular weight excluding hydrogens is 907 g/mol. The highest BCUT2D eigenvalue weighted by Crippen LogP contribution is 2.30. The minimum atomic E-state index is -1.79. The van der Waals surface area contributed by atoms with Crippen molar-refractivity contribution in [3.8, 4) is 0 Å². The first-order valence-corrected chi connectivity index (χ1v) is 27.7. The van der Waals surface area contributed by atoms with Crippen molar-refractivity contribution >= 4 is 5.91 Å². The highest BCUT2D eigenvalue weighted by molar-refractivity contribution is 5.76. The Kier molecular flexibility index (Phi) is 38.9. The zero-order chi connectivity index (χ0) is 51.7. The van der Waals surface area contributed by atoms with Crippen molar-refractivity contribution in [2.75, 3.05) is 19.8 Å². The van der Waals surface area contributed by atoms with Crippen molar-refractivity contribution in [3.05, 3.63) is 72.9 Å². The molecular formula is C57H99NO13. The second-order valence-electron chi connectivity index (χ2n) is 19.3. The number of aliphatic hydroxyl groups excluding tert-OH is 8. The predicted molar refractivity (Wildman–Crippen MR) is 281 cm³/mol. The van der Waals surface area contributed by atoms with Crippen LogP contribution in [0.1, 0.15) is 187 Å². The summed E-state index contributed by atoms with van der Waals surface area (Å²) in [6.45, 7) is 2.64. The van der Waals surface area contributed by atoms with Crippen LogP contribution in [0, 0.1) is 0 Å². The van der Waals surface area contributed by atoms with Gasteiger partial charge in [0, 0.05) is 6.42 Å². The minimum Gasteiger partial charge on any atom is -0.394 e. The number of amides is 1. The van der Waals surface area contributed by atoms with Gasteiger partial charge in [-0.1, -0.05) is 183 Å². The number of aliphatic hydroxyl groups is 8. The van der Waals surface area contributed by atoms with Gasteiger partial charge in [-0.25, -0.2) is 0 Å². The number of ether oxygens (including phenoxy) is 4. The molecule has 12 unspecified atom stereocenters. The molecule has 2 heterocycles. The summed E-state index contributed by atoms with van der Waals surface area (Å²) in [5.41, 5.74) is 0. The molecule has 0 radical (unpaired) electrons. The van der Waals surface area contributed by atoms with Gasteiger partial charge in [0.1, 0.15) is 48.8 Å². The van der Waals surface area contributed by atoms with Crippen LogP contribution in [0.3, 0.4) is 0 Å². The van der Waals surface area contributed by atoms with E-state index in [-0.39, 0.29) is 18.9 Å². The lowest BCUT2D eigenvalue weighted by atomic mass is 9.97. The largest absolute Gasteiger partial charge is 0.394 e. The lowest BCUT2D eigenvalue weighted by Crippen LogP contribution is -2.65. The molecule has 0 aliphatic carbocycles. The van der Waals surface area contributed by atoms with E-state index in [0.29, 0.717) is 12.8 Å². The Morgan fingerprint density at radius 3 is 1.55 bits per heavy atom. The van der Waals surface area contributed by atoms with E-state index < -0.39 is 86.8 Å². The molecule has 1 amide bonds. The molecule has 2 aliphatic heterocycles. The first-order chi connectivity index (χ1) is 34.6. The number of unbranched alkanes of at least 4 members (excludes halogenated alkanes) is 19. The fraction of sp³-hybridized carbons (Fsp3) is 0.772. The van der Waals surface area contributed by atoms with Crippen LogP contribution in [0.25, 0.3) is 0 Å². The normalized spacial score (nSPS) is 26.3. The van der Waals surface area contributed by atoms with Crippen LogP contribution in [0.2, 0.25) is 0 Å². The first-order valence-electron chi connectivity index (χ1n) is 27.7. The molecule has 12 atom stereocenters. The fourth-order valence-electron chi connectivity index (χ4n) is 8.65. The zero-order valence-corrected chi connectivity index (χ0v) is 43.7. The maximum atomic E-state index is 13.2. The van der Waals surface area contributed by atoms with E-state index in [0.717, 1.165) is 70.6 Å². The SMILES string of the molecule is CC/C=C\C/C=C\C/C=C\C/C=C\CCCCCCCCCCC(=O)NC(COC1OC(CO)C(OC2OC(CO)C(O)C(O)C2O)C(O)C1O)C(O)/C=C/CC/C=C/CCCCCCCCCCCC. The van der Waals surface area contributed by atoms with Gasteiger partial charge in [-0.3, -0.25) is 4.79 Å². The summed E-state index contributed by atoms with van der Waals surface area (Å²) in [5, 5.41) is 86.9. The van der Waals surface area contributed by atoms with Crippen molar-refractivity contribution in [1.82, 2.24) is 5.32 Å². The van der Waals surface area contributed by atoms with Crippen LogP contribution >= 0.6 is 0 Å². The Hall–Kier alpha value is -2.57. The molecule has 14 nitrogen and oxygen atoms in total. The number of carbonyl (C=O) groups is 1. The monoisotopic (exact) mass is 1010 g/mol. The third-order valence-electron chi connectivity index (χ3n) is 13.1. The summed E-state index contributed by atoms with van der Waals surface area (Å²) < 4.78 is 22.7. The lowest BCUT2D eigenvalue weighted by molar-refractivity contribution is -0.359. The van der Waals surface area contributed by atoms with Gasteiger partial charge in [0.2, 0.25) is 5.91 Å². The van der Waals surface area contributed by atoms with Crippen molar-refractivity contribution < 1.29 is 64.6 Å². The average molecular weight is 1010 g/mol. The molecule has 0 aromatic rings. The van der Waals surface area contributed by atoms with Crippen molar-refractivity contribution in [2.24, 2.45) is 0 Å². The topological polar surface area (TPSA) is 228 Å². The third-order valence-corrected chi connectivity index (χ3v) is 13.1. The molecule has 0 bridgehead atoms. The number of hydrogen-bond donors (Lipinski definition) is 9. The Morgan fingerprint density at radius 2 is 0.986 bits per heavy atom. The van der Waals surface area contributed by atoms with Crippen LogP contribution < -0.4 is 5.32 Å². The van der Waals surface area contributed by atoms with Gasteiger partial charge in [0.25, 0.3) is 0 Å². The van der Waals surface area contributed by atoms with E-state index in [1.807, 2.05) is 6.08 Å². The van der Waals surface area contributed by atoms with Gasteiger partial charge in [-0.2, -0.15) is 0 Å². The third kappa shape index (κ3) is 29.2. The molecule has 2 fully saturated rings. The molecule has 0 aromatic carbocycles. The molecule has 2 saturated heterocycles. The molecule has 0 spiro atoms. The molecule has 0 saturated carbocycles. The van der Waals surface area contributed by atoms with Crippen molar-refractivity contribution in [2.45, 2.75) is 261 Å². The second-order valence-corrected chi connectivity index (χ2v) is 19.3. The highest BCUT2D eigenvalue weighted by Gasteiger charge is 2.51. The standard InChI is InChI=1S/C57H99NO13/c1-3-5-7-9-11-13-15-17-19-21-22-23-24-25-27-29-31-33-35-37-39-41-49(62)58-45(46(61)40-38-36-34-32-30-28-26-20-18-16-14-12-10-8-6-4-2)44-68-56-54(67)52(65)55(48(43-60)70-56)71-57-53(66)51(64)50(63)47(42-59)69-57/h5,7,11,13,17,19,22-23,30,32,38,40,45-48,50-57,59-61,63-67H,3-4,6,8-10,12,14-16,18,20-21,24-29,31,33-37,39,41-44H2,1-2H3,(H,58,62)/b7-5-,13-11-,19-17-,23-22-,32-30+,40-38+. The van der Waals surface area contributed by atoms with E-state index in [9.17, 15) is 45.6 Å². The predicted octanol–water partition coefficient (Wildman–Crippen LogP) is 8.38. The van der Waals surface area contributed by atoms with E-state index in [4.69, 9.17) is 18.9 Å². The van der Waals surface area contributed by atoms with Gasteiger partial charge >= 0.3 is 0 Å². The van der Waals surface area contributed by atoms with Crippen molar-refractivity contribution in [1.29, 1.82) is 0 Å². The first kappa shape index (κ1) is 64.5. The van der Waals surface area contributed by atoms with Gasteiger partial charge in [-0.15, -0.1) is 0 Å². The van der Waals surface area contributed by atoms with Crippen molar-refractivity contribution in [3.63, 3.8) is 0 Å². The molecule has 71 heavy (non-hydrogen) atoms. The van der Waals surface area contributed by atoms with Crippen LogP contribution in [0.4, 0.5) is 0 Å². The van der Waals surface area contributed by atoms with Gasteiger partial charge < -0.3 is 65.1 Å². The van der Waals surface area contributed by atoms with Gasteiger partial charge in [0.05, 0.1) is 32.0 Å². The molecule has 2 aliphatic rings. The molecule has 410 valence electrons. The zero-order valence-electron chi connectivity index (χ0n) is 43.7. The average Bonchev–Trinajstić information content (AvgIpc) is 3.37. The van der Waals surface area contributed by atoms with Crippen LogP contribution in [0.5, 0.6) is 0 Å². The molecule has 14 heteroatoms. The number of allylic oxidation sites excluding steroid dienone is 11. The lowest BCUT2D eigenvalue weighted by Gasteiger charge is -2.46. The summed E-state index contributed by atoms with van der Waals surface area (Å²) in [6.07, 6.45) is 37.9. The number of nitrogens with one attached hydrogen (secondary N) is 1. The summed E-state index contributed by atoms with van der Waals surface area (Å²) in [4.78, 5) is 13.2. The fourth-order valence-corrected chi connectivity index (χ4v) is 8.65. The molecule has 2 rings (SSSR count). The Labute approximate surface area is 428 Å². The van der Waals surface area contributed by atoms with Crippen LogP contribution in [-0.2, 0) is 23.7 Å². The van der Waals surface area contributed by atoms with Gasteiger partial charge in [-0.05, 0) is 70.6 Å². The second kappa shape index (κ2) is 42.8. The van der Waals surface area contributed by atoms with E-state index >= 15 is 0 Å². The van der Waals surface area contributed by atoms with E-state index in [1.54, 1.807) is 6.08 Å². The van der Waals surface area contributed by atoms with Crippen LogP contribution in [-0.4, -0.2) is 140 Å². The maximum absolute atomic E-state index is 13.2. The Bertz CT molecular complexity index is 1470. The quantitative estimate of drug-likeness (QED) is 0.0207. The number of rotatable bonds is 42. The number of carbonyl (C=O) groups excluding carboxylic acids is 1. The maximum Gasteiger partial charge on any atom is 0.220 e. The highest BCUT2D eigenvalue weighted by atomic mass is 16.7. The summed E-state index contributed by atoms with van der Waals surface area (Å²) in [5.74, 6) is -0.261. The van der Waals surface area contributed by atoms with Crippen LogP contribution in [0.15, 0.2) is 72.9 Å². The summed E-state index contributed by atoms with van der Waals surface area (Å²) in [7, 11) is 0. The Balaban J connectivity index is 1.82. The molecule has 0 aromatic heterocycles. The Morgan fingerprint density at radius 1 is 0.521 bits per heavy atom. The van der Waals surface area contributed by atoms with Gasteiger partial charge in [0.15, 0.2) is 12.6 Å². The molecule has 9 N–H and O–H groups in total. The number of hydrogen-bond acceptors (Lipinski definition) is 13. The summed E-state index contributed by atoms with van der Waals surface area (Å²) >= 11 is 0. The smallest absolute Gasteiger partial charge is 0.220 e. The van der Waals surface area contributed by atoms with E-state index in [2.05, 4.69) is 79.9 Å².